The molecule has 0 amide bonds. The molecule has 5 heteroatoms. The van der Waals surface area contributed by atoms with Crippen LogP contribution in [0.1, 0.15) is 6.92 Å². The Bertz CT molecular complexity index is 301. The highest BCUT2D eigenvalue weighted by molar-refractivity contribution is 6.45. The average molecular weight is 238 g/mol. The molecule has 0 spiro atoms. The summed E-state index contributed by atoms with van der Waals surface area (Å²) < 4.78 is 10.3. The smallest absolute Gasteiger partial charge is 0.154 e. The molecule has 0 N–H and O–H groups in total. The summed E-state index contributed by atoms with van der Waals surface area (Å²) in [4.78, 5) is 11.8. The van der Waals surface area contributed by atoms with Crippen molar-refractivity contribution in [2.45, 2.75) is 12.5 Å². The first-order valence-corrected chi connectivity index (χ1v) is 5.75. The minimum absolute atomic E-state index is 0.0509. The lowest BCUT2D eigenvalue weighted by Crippen LogP contribution is -2.30. The molecule has 1 aliphatic rings. The molecular formula is C10H14O3Si2. The van der Waals surface area contributed by atoms with Crippen LogP contribution in [0.5, 0.6) is 0 Å². The van der Waals surface area contributed by atoms with E-state index < -0.39 is 0 Å². The summed E-state index contributed by atoms with van der Waals surface area (Å²) in [5.74, 6) is 0.0509. The summed E-state index contributed by atoms with van der Waals surface area (Å²) in [6, 6.07) is 0. The fourth-order valence-electron chi connectivity index (χ4n) is 1.89. The highest BCUT2D eigenvalue weighted by atomic mass is 28.1. The predicted molar refractivity (Wildman–Crippen MR) is 59.2 cm³/mol. The third-order valence-corrected chi connectivity index (χ3v) is 4.32. The quantitative estimate of drug-likeness (QED) is 0.659. The summed E-state index contributed by atoms with van der Waals surface area (Å²) in [7, 11) is 10.1. The number of allylic oxidation sites excluding steroid dienone is 1. The van der Waals surface area contributed by atoms with Crippen LogP contribution in [0.15, 0.2) is 10.8 Å². The van der Waals surface area contributed by atoms with Crippen LogP contribution in [0.3, 0.4) is 0 Å². The maximum atomic E-state index is 11.8. The Morgan fingerprint density at radius 1 is 1.40 bits per heavy atom. The Morgan fingerprint density at radius 2 is 2.00 bits per heavy atom. The second-order valence-electron chi connectivity index (χ2n) is 3.93. The van der Waals surface area contributed by atoms with Crippen molar-refractivity contribution in [3.63, 3.8) is 0 Å². The van der Waals surface area contributed by atoms with Crippen LogP contribution in [0, 0.1) is 5.41 Å². The van der Waals surface area contributed by atoms with Gasteiger partial charge in [0.2, 0.25) is 0 Å². The molecule has 3 nitrogen and oxygen atoms in total. The third kappa shape index (κ3) is 2.01. The van der Waals surface area contributed by atoms with Gasteiger partial charge in [-0.05, 0) is 10.8 Å². The van der Waals surface area contributed by atoms with Crippen molar-refractivity contribution < 1.29 is 14.3 Å². The molecule has 0 aromatic rings. The topological polar surface area (TPSA) is 35.5 Å². The van der Waals surface area contributed by atoms with Crippen LogP contribution >= 0.6 is 0 Å². The number of ether oxygens (including phenoxy) is 2. The van der Waals surface area contributed by atoms with Crippen LogP contribution in [-0.2, 0) is 14.3 Å². The van der Waals surface area contributed by atoms with E-state index in [2.05, 4.69) is 20.5 Å². The summed E-state index contributed by atoms with van der Waals surface area (Å²) in [6.07, 6.45) is 0. The monoisotopic (exact) mass is 238 g/mol. The zero-order valence-electron chi connectivity index (χ0n) is 9.22. The number of methoxy groups -OCH3 is 2. The van der Waals surface area contributed by atoms with E-state index in [-0.39, 0.29) is 16.7 Å². The molecular weight excluding hydrogens is 224 g/mol. The van der Waals surface area contributed by atoms with Crippen molar-refractivity contribution in [2.24, 2.45) is 5.41 Å². The second-order valence-corrected chi connectivity index (χ2v) is 5.01. The number of carbonyl (C=O) groups excluding carboxylic acids is 1. The average Bonchev–Trinajstić information content (AvgIpc) is 2.35. The predicted octanol–water partition coefficient (Wildman–Crippen LogP) is 0.248. The van der Waals surface area contributed by atoms with Gasteiger partial charge in [-0.15, -0.1) is 0 Å². The molecule has 0 aromatic carbocycles. The molecule has 1 rings (SSSR count). The van der Waals surface area contributed by atoms with Gasteiger partial charge in [-0.3, -0.25) is 4.79 Å². The second kappa shape index (κ2) is 4.73. The number of ketones is 1. The summed E-state index contributed by atoms with van der Waals surface area (Å²) in [6.45, 7) is 2.92. The van der Waals surface area contributed by atoms with Gasteiger partial charge in [-0.2, -0.15) is 0 Å². The maximum absolute atomic E-state index is 11.8. The Balaban J connectivity index is 3.08. The fraction of sp³-hybridized carbons (Fsp3) is 0.700. The molecule has 0 aliphatic heterocycles. The SMILES string of the molecule is COCC1=C([Si])C(=O)C([Si])C1(C)COC. The van der Waals surface area contributed by atoms with Crippen molar-refractivity contribution in [2.75, 3.05) is 27.4 Å². The lowest BCUT2D eigenvalue weighted by Gasteiger charge is -2.31. The van der Waals surface area contributed by atoms with Crippen molar-refractivity contribution in [1.29, 1.82) is 0 Å². The van der Waals surface area contributed by atoms with E-state index in [1.165, 1.54) is 0 Å². The highest BCUT2D eigenvalue weighted by Gasteiger charge is 2.46. The van der Waals surface area contributed by atoms with Crippen LogP contribution in [-0.4, -0.2) is 53.7 Å². The maximum Gasteiger partial charge on any atom is 0.154 e. The van der Waals surface area contributed by atoms with Gasteiger partial charge in [0.15, 0.2) is 5.78 Å². The van der Waals surface area contributed by atoms with Crippen LogP contribution in [0.25, 0.3) is 0 Å². The van der Waals surface area contributed by atoms with E-state index in [1.807, 2.05) is 6.92 Å². The van der Waals surface area contributed by atoms with E-state index in [1.54, 1.807) is 14.2 Å². The summed E-state index contributed by atoms with van der Waals surface area (Å²) >= 11 is 0. The molecule has 2 unspecified atom stereocenters. The zero-order valence-corrected chi connectivity index (χ0v) is 11.2. The Kier molecular flexibility index (Phi) is 4.05. The molecule has 2 atom stereocenters. The van der Waals surface area contributed by atoms with Crippen molar-refractivity contribution >= 4 is 26.3 Å². The van der Waals surface area contributed by atoms with Gasteiger partial charge in [-0.25, -0.2) is 0 Å². The minimum Gasteiger partial charge on any atom is -0.384 e. The molecule has 1 aliphatic carbocycles. The largest absolute Gasteiger partial charge is 0.384 e. The Morgan fingerprint density at radius 3 is 2.47 bits per heavy atom. The molecule has 0 bridgehead atoms. The number of hydrogen-bond acceptors (Lipinski definition) is 3. The van der Waals surface area contributed by atoms with E-state index in [0.29, 0.717) is 18.4 Å². The first kappa shape index (κ1) is 12.8. The third-order valence-electron chi connectivity index (χ3n) is 2.87. The van der Waals surface area contributed by atoms with Gasteiger partial charge in [-0.1, -0.05) is 6.92 Å². The van der Waals surface area contributed by atoms with Gasteiger partial charge < -0.3 is 9.47 Å². The Labute approximate surface area is 97.1 Å². The number of hydrogen-bond donors (Lipinski definition) is 0. The van der Waals surface area contributed by atoms with Crippen molar-refractivity contribution in [3.8, 4) is 0 Å². The van der Waals surface area contributed by atoms with Crippen molar-refractivity contribution in [3.05, 3.63) is 10.8 Å². The molecule has 0 heterocycles. The fourth-order valence-corrected chi connectivity index (χ4v) is 2.94. The lowest BCUT2D eigenvalue weighted by atomic mass is 9.84. The van der Waals surface area contributed by atoms with Gasteiger partial charge in [0.05, 0.1) is 23.5 Å². The lowest BCUT2D eigenvalue weighted by molar-refractivity contribution is -0.115. The standard InChI is InChI=1S/C10H14O3Si2/c1-10(5-13-3)6(4-12-2)8(14)7(11)9(10)15/h9H,4-5H2,1-3H3. The molecule has 0 fully saturated rings. The summed E-state index contributed by atoms with van der Waals surface area (Å²) in [5, 5.41) is 0.608. The van der Waals surface area contributed by atoms with Gasteiger partial charge in [0, 0.05) is 35.4 Å². The van der Waals surface area contributed by atoms with Gasteiger partial charge in [0.25, 0.3) is 0 Å². The molecule has 0 saturated heterocycles. The minimum atomic E-state index is -0.337. The molecule has 0 saturated carbocycles. The Hall–Kier alpha value is -0.236. The number of rotatable bonds is 4. The van der Waals surface area contributed by atoms with Gasteiger partial charge in [0.1, 0.15) is 0 Å². The normalized spacial score (nSPS) is 31.5. The first-order chi connectivity index (χ1) is 6.99. The highest BCUT2D eigenvalue weighted by Crippen LogP contribution is 2.46. The number of Topliss-reactive ketones (excluding diaryl/α,β-unsaturated/α-hetero) is 1. The molecule has 15 heavy (non-hydrogen) atoms. The van der Waals surface area contributed by atoms with Crippen molar-refractivity contribution in [1.82, 2.24) is 0 Å². The van der Waals surface area contributed by atoms with Crippen LogP contribution in [0.4, 0.5) is 0 Å². The molecule has 0 aromatic heterocycles. The number of carbonyl (C=O) groups is 1. The van der Waals surface area contributed by atoms with Crippen LogP contribution in [0.2, 0.25) is 5.54 Å². The van der Waals surface area contributed by atoms with E-state index in [0.717, 1.165) is 5.57 Å². The molecule has 80 valence electrons. The van der Waals surface area contributed by atoms with E-state index >= 15 is 0 Å². The summed E-state index contributed by atoms with van der Waals surface area (Å²) in [5.41, 5.74) is 0.360. The van der Waals surface area contributed by atoms with E-state index in [4.69, 9.17) is 9.47 Å². The van der Waals surface area contributed by atoms with Crippen LogP contribution < -0.4 is 0 Å². The first-order valence-electron chi connectivity index (χ1n) is 4.67. The zero-order chi connectivity index (χ0) is 11.6. The van der Waals surface area contributed by atoms with Gasteiger partial charge >= 0.3 is 0 Å². The molecule has 6 radical (unpaired) electrons. The van der Waals surface area contributed by atoms with E-state index in [9.17, 15) is 4.79 Å².